The van der Waals surface area contributed by atoms with E-state index in [1.54, 1.807) is 12.1 Å². The Morgan fingerprint density at radius 3 is 2.65 bits per heavy atom. The fraction of sp³-hybridized carbons (Fsp3) is 0.467. The van der Waals surface area contributed by atoms with Crippen LogP contribution in [0.2, 0.25) is 0 Å². The summed E-state index contributed by atoms with van der Waals surface area (Å²) in [6.45, 7) is 0.561. The second kappa shape index (κ2) is 7.94. The minimum Gasteiger partial charge on any atom is -0.357 e. The average molecular weight is 293 g/mol. The molecule has 1 fully saturated rings. The van der Waals surface area contributed by atoms with Crippen LogP contribution in [0.15, 0.2) is 29.4 Å². The van der Waals surface area contributed by atoms with E-state index in [-0.39, 0.29) is 5.82 Å². The minimum atomic E-state index is -0.230. The molecule has 2 N–H and O–H groups in total. The Balaban J connectivity index is 1.67. The van der Waals surface area contributed by atoms with E-state index in [9.17, 15) is 4.39 Å². The minimum absolute atomic E-state index is 0.230. The Labute approximate surface area is 124 Å². The zero-order chi connectivity index (χ0) is 14.2. The molecule has 5 heteroatoms. The molecule has 0 atom stereocenters. The highest BCUT2D eigenvalue weighted by Crippen LogP contribution is 2.21. The first-order valence-electron chi connectivity index (χ1n) is 7.05. The first-order chi connectivity index (χ1) is 9.74. The molecule has 3 nitrogen and oxygen atoms in total. The standard InChI is InChI=1S/C15H20FN3S/c16-14-8-6-13(7-9-14)10-17-15(20)19-18-11-12-4-2-1-3-5-12/h6-9,11-12H,1-5,10H2,(H2,17,19,20)/b18-11-. The first-order valence-corrected chi connectivity index (χ1v) is 7.46. The van der Waals surface area contributed by atoms with Crippen LogP contribution in [0, 0.1) is 11.7 Å². The monoisotopic (exact) mass is 293 g/mol. The van der Waals surface area contributed by atoms with E-state index in [0.29, 0.717) is 17.6 Å². The van der Waals surface area contributed by atoms with Crippen LogP contribution < -0.4 is 10.7 Å². The summed E-state index contributed by atoms with van der Waals surface area (Å²) in [4.78, 5) is 0. The molecule has 108 valence electrons. The Morgan fingerprint density at radius 1 is 1.25 bits per heavy atom. The predicted octanol–water partition coefficient (Wildman–Crippen LogP) is 3.36. The van der Waals surface area contributed by atoms with Crippen molar-refractivity contribution in [2.24, 2.45) is 11.0 Å². The summed E-state index contributed by atoms with van der Waals surface area (Å²) in [5, 5.41) is 7.71. The molecule has 1 aromatic carbocycles. The number of hydrogen-bond donors (Lipinski definition) is 2. The third kappa shape index (κ3) is 5.25. The van der Waals surface area contributed by atoms with E-state index in [1.807, 2.05) is 6.21 Å². The summed E-state index contributed by atoms with van der Waals surface area (Å²) in [7, 11) is 0. The zero-order valence-corrected chi connectivity index (χ0v) is 12.3. The lowest BCUT2D eigenvalue weighted by atomic mass is 9.90. The Morgan fingerprint density at radius 2 is 1.95 bits per heavy atom. The van der Waals surface area contributed by atoms with Gasteiger partial charge >= 0.3 is 0 Å². The first kappa shape index (κ1) is 14.9. The lowest BCUT2D eigenvalue weighted by Crippen LogP contribution is -2.31. The van der Waals surface area contributed by atoms with Crippen molar-refractivity contribution in [1.82, 2.24) is 10.7 Å². The van der Waals surface area contributed by atoms with Crippen LogP contribution in [-0.2, 0) is 6.54 Å². The van der Waals surface area contributed by atoms with Gasteiger partial charge in [0.05, 0.1) is 0 Å². The Kier molecular flexibility index (Phi) is 5.92. The summed E-state index contributed by atoms with van der Waals surface area (Å²) < 4.78 is 12.8. The SMILES string of the molecule is Fc1ccc(CNC(=S)N/N=C\C2CCCCC2)cc1. The molecule has 0 aliphatic heterocycles. The highest BCUT2D eigenvalue weighted by Gasteiger charge is 2.10. The molecule has 0 saturated heterocycles. The number of nitrogens with one attached hydrogen (secondary N) is 2. The normalized spacial score (nSPS) is 16.2. The molecule has 0 amide bonds. The van der Waals surface area contributed by atoms with Gasteiger partial charge in [0.15, 0.2) is 5.11 Å². The van der Waals surface area contributed by atoms with Crippen LogP contribution in [0.3, 0.4) is 0 Å². The number of thiocarbonyl (C=S) groups is 1. The van der Waals surface area contributed by atoms with Crippen molar-refractivity contribution in [2.45, 2.75) is 38.6 Å². The summed E-state index contributed by atoms with van der Waals surface area (Å²) in [5.74, 6) is 0.350. The third-order valence-corrected chi connectivity index (χ3v) is 3.70. The molecule has 2 rings (SSSR count). The number of benzene rings is 1. The van der Waals surface area contributed by atoms with Crippen LogP contribution in [0.4, 0.5) is 4.39 Å². The van der Waals surface area contributed by atoms with Gasteiger partial charge in [0.1, 0.15) is 5.82 Å². The smallest absolute Gasteiger partial charge is 0.187 e. The molecule has 0 radical (unpaired) electrons. The number of halogens is 1. The van der Waals surface area contributed by atoms with Gasteiger partial charge in [-0.15, -0.1) is 0 Å². The van der Waals surface area contributed by atoms with E-state index in [2.05, 4.69) is 15.8 Å². The van der Waals surface area contributed by atoms with Crippen LogP contribution >= 0.6 is 12.2 Å². The molecule has 1 aliphatic rings. The summed E-state index contributed by atoms with van der Waals surface area (Å²) in [6.07, 6.45) is 8.34. The number of nitrogens with zero attached hydrogens (tertiary/aromatic N) is 1. The van der Waals surface area contributed by atoms with Gasteiger partial charge in [-0.25, -0.2) is 4.39 Å². The van der Waals surface area contributed by atoms with Crippen LogP contribution in [0.25, 0.3) is 0 Å². The van der Waals surface area contributed by atoms with Gasteiger partial charge < -0.3 is 5.32 Å². The quantitative estimate of drug-likeness (QED) is 0.508. The highest BCUT2D eigenvalue weighted by atomic mass is 32.1. The largest absolute Gasteiger partial charge is 0.357 e. The lowest BCUT2D eigenvalue weighted by molar-refractivity contribution is 0.444. The second-order valence-corrected chi connectivity index (χ2v) is 5.51. The molecular formula is C15H20FN3S. The molecular weight excluding hydrogens is 273 g/mol. The fourth-order valence-corrected chi connectivity index (χ4v) is 2.43. The third-order valence-electron chi connectivity index (χ3n) is 3.47. The Bertz CT molecular complexity index is 453. The molecule has 20 heavy (non-hydrogen) atoms. The van der Waals surface area contributed by atoms with Crippen molar-refractivity contribution in [3.05, 3.63) is 35.6 Å². The van der Waals surface area contributed by atoms with Gasteiger partial charge in [-0.1, -0.05) is 31.4 Å². The van der Waals surface area contributed by atoms with Crippen LogP contribution in [0.1, 0.15) is 37.7 Å². The van der Waals surface area contributed by atoms with Gasteiger partial charge in [-0.05, 0) is 48.7 Å². The van der Waals surface area contributed by atoms with Gasteiger partial charge in [0.2, 0.25) is 0 Å². The average Bonchev–Trinajstić information content (AvgIpc) is 2.48. The summed E-state index contributed by atoms with van der Waals surface area (Å²) in [5.41, 5.74) is 3.81. The lowest BCUT2D eigenvalue weighted by Gasteiger charge is -2.16. The Hall–Kier alpha value is -1.49. The van der Waals surface area contributed by atoms with Gasteiger partial charge in [0.25, 0.3) is 0 Å². The van der Waals surface area contributed by atoms with Crippen LogP contribution in [-0.4, -0.2) is 11.3 Å². The fourth-order valence-electron chi connectivity index (χ4n) is 2.31. The maximum absolute atomic E-state index is 12.8. The van der Waals surface area contributed by atoms with E-state index < -0.39 is 0 Å². The highest BCUT2D eigenvalue weighted by molar-refractivity contribution is 7.80. The summed E-state index contributed by atoms with van der Waals surface area (Å²) in [6, 6.07) is 6.34. The van der Waals surface area contributed by atoms with E-state index >= 15 is 0 Å². The predicted molar refractivity (Wildman–Crippen MR) is 84.0 cm³/mol. The maximum Gasteiger partial charge on any atom is 0.187 e. The van der Waals surface area contributed by atoms with Crippen molar-refractivity contribution < 1.29 is 4.39 Å². The molecule has 1 aromatic rings. The van der Waals surface area contributed by atoms with Crippen molar-refractivity contribution in [3.63, 3.8) is 0 Å². The molecule has 0 unspecified atom stereocenters. The molecule has 1 aliphatic carbocycles. The van der Waals surface area contributed by atoms with Gasteiger partial charge in [0, 0.05) is 12.8 Å². The van der Waals surface area contributed by atoms with Gasteiger partial charge in [-0.3, -0.25) is 5.43 Å². The maximum atomic E-state index is 12.8. The zero-order valence-electron chi connectivity index (χ0n) is 11.4. The van der Waals surface area contributed by atoms with Crippen molar-refractivity contribution in [3.8, 4) is 0 Å². The number of hydrogen-bond acceptors (Lipinski definition) is 2. The molecule has 0 aromatic heterocycles. The molecule has 0 bridgehead atoms. The van der Waals surface area contributed by atoms with Crippen molar-refractivity contribution >= 4 is 23.5 Å². The van der Waals surface area contributed by atoms with Crippen LogP contribution in [0.5, 0.6) is 0 Å². The molecule has 0 spiro atoms. The van der Waals surface area contributed by atoms with Gasteiger partial charge in [-0.2, -0.15) is 5.10 Å². The topological polar surface area (TPSA) is 36.4 Å². The second-order valence-electron chi connectivity index (χ2n) is 5.10. The van der Waals surface area contributed by atoms with E-state index in [0.717, 1.165) is 5.56 Å². The van der Waals surface area contributed by atoms with E-state index in [4.69, 9.17) is 12.2 Å². The summed E-state index contributed by atoms with van der Waals surface area (Å²) >= 11 is 5.14. The molecule has 1 saturated carbocycles. The van der Waals surface area contributed by atoms with E-state index in [1.165, 1.54) is 44.2 Å². The molecule has 0 heterocycles. The van der Waals surface area contributed by atoms with Crippen molar-refractivity contribution in [1.29, 1.82) is 0 Å². The number of hydrazone groups is 1. The van der Waals surface area contributed by atoms with Crippen molar-refractivity contribution in [2.75, 3.05) is 0 Å². The number of rotatable bonds is 4.